The summed E-state index contributed by atoms with van der Waals surface area (Å²) < 4.78 is 0. The lowest BCUT2D eigenvalue weighted by Crippen LogP contribution is -2.15. The van der Waals surface area contributed by atoms with Gasteiger partial charge in [-0.2, -0.15) is 0 Å². The number of phenols is 1. The Morgan fingerprint density at radius 2 is 2.00 bits per heavy atom. The van der Waals surface area contributed by atoms with Crippen LogP contribution in [0.4, 0.5) is 0 Å². The molecular weight excluding hydrogens is 322 g/mol. The Kier molecular flexibility index (Phi) is 4.90. The maximum atomic E-state index is 12.3. The standard InChI is InChI=1S/C19H19NO3S/c1-12-13-7-5-8-16(14(13)10-11-17(12)21)20-23-19(22)15-6-3-4-9-18(15)24-2/h3-4,6,9-11,21H,5,7-8H2,1-2H3. The maximum absolute atomic E-state index is 12.3. The molecule has 0 amide bonds. The summed E-state index contributed by atoms with van der Waals surface area (Å²) in [6.45, 7) is 1.90. The lowest BCUT2D eigenvalue weighted by atomic mass is 9.87. The van der Waals surface area contributed by atoms with Crippen LogP contribution in [0.15, 0.2) is 46.4 Å². The van der Waals surface area contributed by atoms with Crippen molar-refractivity contribution in [3.8, 4) is 5.75 Å². The molecule has 0 saturated carbocycles. The monoisotopic (exact) mass is 341 g/mol. The van der Waals surface area contributed by atoms with Crippen molar-refractivity contribution in [1.29, 1.82) is 0 Å². The van der Waals surface area contributed by atoms with Crippen molar-refractivity contribution in [2.75, 3.05) is 6.26 Å². The summed E-state index contributed by atoms with van der Waals surface area (Å²) in [6, 6.07) is 10.8. The van der Waals surface area contributed by atoms with Crippen LogP contribution in [0.3, 0.4) is 0 Å². The fourth-order valence-electron chi connectivity index (χ4n) is 2.96. The maximum Gasteiger partial charge on any atom is 0.366 e. The van der Waals surface area contributed by atoms with E-state index in [9.17, 15) is 9.90 Å². The fourth-order valence-corrected chi connectivity index (χ4v) is 3.54. The van der Waals surface area contributed by atoms with Crippen LogP contribution in [0, 0.1) is 6.92 Å². The van der Waals surface area contributed by atoms with E-state index < -0.39 is 5.97 Å². The van der Waals surface area contributed by atoms with Crippen molar-refractivity contribution in [3.63, 3.8) is 0 Å². The van der Waals surface area contributed by atoms with Gasteiger partial charge >= 0.3 is 5.97 Å². The molecular formula is C19H19NO3S. The van der Waals surface area contributed by atoms with E-state index in [4.69, 9.17) is 4.84 Å². The molecule has 4 nitrogen and oxygen atoms in total. The van der Waals surface area contributed by atoms with Crippen molar-refractivity contribution in [1.82, 2.24) is 0 Å². The van der Waals surface area contributed by atoms with Gasteiger partial charge in [-0.15, -0.1) is 11.8 Å². The molecule has 0 bridgehead atoms. The number of hydrogen-bond acceptors (Lipinski definition) is 5. The van der Waals surface area contributed by atoms with Gasteiger partial charge in [0.25, 0.3) is 0 Å². The third-order valence-electron chi connectivity index (χ3n) is 4.29. The molecule has 24 heavy (non-hydrogen) atoms. The zero-order chi connectivity index (χ0) is 17.1. The van der Waals surface area contributed by atoms with E-state index in [0.717, 1.165) is 46.6 Å². The SMILES string of the molecule is CSc1ccccc1C(=O)ON=C1CCCc2c1ccc(O)c2C. The summed E-state index contributed by atoms with van der Waals surface area (Å²) >= 11 is 1.50. The number of rotatable bonds is 3. The van der Waals surface area contributed by atoms with Crippen LogP contribution in [-0.2, 0) is 11.3 Å². The Morgan fingerprint density at radius 3 is 2.79 bits per heavy atom. The molecule has 0 aliphatic heterocycles. The van der Waals surface area contributed by atoms with Gasteiger partial charge in [0.2, 0.25) is 0 Å². The number of carbonyl (C=O) groups is 1. The summed E-state index contributed by atoms with van der Waals surface area (Å²) in [6.07, 6.45) is 4.51. The highest BCUT2D eigenvalue weighted by Gasteiger charge is 2.20. The molecule has 3 rings (SSSR count). The van der Waals surface area contributed by atoms with E-state index in [-0.39, 0.29) is 0 Å². The summed E-state index contributed by atoms with van der Waals surface area (Å²) in [5, 5.41) is 14.0. The van der Waals surface area contributed by atoms with Gasteiger partial charge in [0.05, 0.1) is 11.3 Å². The second-order valence-corrected chi connectivity index (χ2v) is 6.55. The number of aromatic hydroxyl groups is 1. The average molecular weight is 341 g/mol. The second-order valence-electron chi connectivity index (χ2n) is 5.71. The van der Waals surface area contributed by atoms with E-state index in [1.165, 1.54) is 11.8 Å². The van der Waals surface area contributed by atoms with Crippen LogP contribution < -0.4 is 0 Å². The molecule has 2 aromatic rings. The van der Waals surface area contributed by atoms with E-state index in [2.05, 4.69) is 5.16 Å². The number of nitrogens with zero attached hydrogens (tertiary/aromatic N) is 1. The van der Waals surface area contributed by atoms with Crippen molar-refractivity contribution in [2.45, 2.75) is 31.1 Å². The Morgan fingerprint density at radius 1 is 1.21 bits per heavy atom. The Balaban J connectivity index is 1.86. The molecule has 0 heterocycles. The number of hydrogen-bond donors (Lipinski definition) is 1. The molecule has 1 aliphatic carbocycles. The van der Waals surface area contributed by atoms with Gasteiger partial charge in [0.1, 0.15) is 5.75 Å². The molecule has 0 unspecified atom stereocenters. The predicted molar refractivity (Wildman–Crippen MR) is 96.0 cm³/mol. The molecule has 0 atom stereocenters. The topological polar surface area (TPSA) is 58.9 Å². The minimum Gasteiger partial charge on any atom is -0.508 e. The van der Waals surface area contributed by atoms with Gasteiger partial charge < -0.3 is 9.94 Å². The number of benzene rings is 2. The summed E-state index contributed by atoms with van der Waals surface area (Å²) in [5.41, 5.74) is 4.20. The van der Waals surface area contributed by atoms with Crippen LogP contribution in [0.2, 0.25) is 0 Å². The lowest BCUT2D eigenvalue weighted by Gasteiger charge is -2.20. The van der Waals surface area contributed by atoms with E-state index in [1.807, 2.05) is 37.4 Å². The first-order valence-corrected chi connectivity index (χ1v) is 9.07. The summed E-state index contributed by atoms with van der Waals surface area (Å²) in [7, 11) is 0. The first kappa shape index (κ1) is 16.6. The van der Waals surface area contributed by atoms with Crippen LogP contribution in [0.5, 0.6) is 5.75 Å². The highest BCUT2D eigenvalue weighted by atomic mass is 32.2. The zero-order valence-electron chi connectivity index (χ0n) is 13.7. The Labute approximate surface area is 145 Å². The van der Waals surface area contributed by atoms with Crippen molar-refractivity contribution in [2.24, 2.45) is 5.16 Å². The van der Waals surface area contributed by atoms with Gasteiger partial charge in [-0.1, -0.05) is 17.3 Å². The molecule has 5 heteroatoms. The average Bonchev–Trinajstić information content (AvgIpc) is 2.62. The highest BCUT2D eigenvalue weighted by molar-refractivity contribution is 7.98. The van der Waals surface area contributed by atoms with Crippen LogP contribution in [0.25, 0.3) is 0 Å². The second kappa shape index (κ2) is 7.09. The van der Waals surface area contributed by atoms with Gasteiger partial charge in [-0.05, 0) is 67.8 Å². The van der Waals surface area contributed by atoms with Crippen LogP contribution in [0.1, 0.15) is 39.9 Å². The Hall–Kier alpha value is -2.27. The van der Waals surface area contributed by atoms with Gasteiger partial charge in [0.15, 0.2) is 0 Å². The molecule has 2 aromatic carbocycles. The first-order chi connectivity index (χ1) is 11.6. The number of phenolic OH excluding ortho intramolecular Hbond substituents is 1. The van der Waals surface area contributed by atoms with E-state index >= 15 is 0 Å². The van der Waals surface area contributed by atoms with Crippen molar-refractivity contribution >= 4 is 23.4 Å². The van der Waals surface area contributed by atoms with Crippen LogP contribution >= 0.6 is 11.8 Å². The zero-order valence-corrected chi connectivity index (χ0v) is 14.5. The number of fused-ring (bicyclic) bond motifs is 1. The minimum absolute atomic E-state index is 0.292. The lowest BCUT2D eigenvalue weighted by molar-refractivity contribution is 0.0511. The summed E-state index contributed by atoms with van der Waals surface area (Å²) in [4.78, 5) is 18.4. The number of oxime groups is 1. The third kappa shape index (κ3) is 3.17. The van der Waals surface area contributed by atoms with Crippen molar-refractivity contribution in [3.05, 3.63) is 58.7 Å². The van der Waals surface area contributed by atoms with E-state index in [1.54, 1.807) is 12.1 Å². The quantitative estimate of drug-likeness (QED) is 0.513. The van der Waals surface area contributed by atoms with Gasteiger partial charge in [0, 0.05) is 10.5 Å². The van der Waals surface area contributed by atoms with Crippen molar-refractivity contribution < 1.29 is 14.7 Å². The van der Waals surface area contributed by atoms with Gasteiger partial charge in [-0.3, -0.25) is 0 Å². The molecule has 1 aliphatic rings. The molecule has 1 N–H and O–H groups in total. The highest BCUT2D eigenvalue weighted by Crippen LogP contribution is 2.30. The molecule has 124 valence electrons. The molecule has 0 radical (unpaired) electrons. The normalized spacial score (nSPS) is 15.2. The smallest absolute Gasteiger partial charge is 0.366 e. The summed E-state index contributed by atoms with van der Waals surface area (Å²) in [5.74, 6) is -0.157. The fraction of sp³-hybridized carbons (Fsp3) is 0.263. The van der Waals surface area contributed by atoms with E-state index in [0.29, 0.717) is 11.3 Å². The van der Waals surface area contributed by atoms with Gasteiger partial charge in [-0.25, -0.2) is 4.79 Å². The molecule has 0 saturated heterocycles. The number of carbonyl (C=O) groups excluding carboxylic acids is 1. The molecule has 0 spiro atoms. The molecule has 0 fully saturated rings. The first-order valence-electron chi connectivity index (χ1n) is 7.85. The minimum atomic E-state index is -0.449. The largest absolute Gasteiger partial charge is 0.508 e. The molecule has 0 aromatic heterocycles. The number of thioether (sulfide) groups is 1. The third-order valence-corrected chi connectivity index (χ3v) is 5.08. The van der Waals surface area contributed by atoms with Crippen LogP contribution in [-0.4, -0.2) is 23.0 Å². The Bertz CT molecular complexity index is 814. The predicted octanol–water partition coefficient (Wildman–Crippen LogP) is 4.32.